The Labute approximate surface area is 109 Å². The van der Waals surface area contributed by atoms with Gasteiger partial charge >= 0.3 is 0 Å². The Balaban J connectivity index is 1.94. The zero-order valence-electron chi connectivity index (χ0n) is 11.5. The molecule has 2 unspecified atom stereocenters. The van der Waals surface area contributed by atoms with Crippen LogP contribution in [0, 0.1) is 19.8 Å². The fraction of sp³-hybridized carbons (Fsp3) is 0.600. The highest BCUT2D eigenvalue weighted by Crippen LogP contribution is 2.22. The fourth-order valence-electron chi connectivity index (χ4n) is 2.39. The number of nitrogens with one attached hydrogen (secondary N) is 1. The van der Waals surface area contributed by atoms with Crippen LogP contribution in [0.3, 0.4) is 0 Å². The van der Waals surface area contributed by atoms with Crippen molar-refractivity contribution < 1.29 is 9.47 Å². The van der Waals surface area contributed by atoms with Gasteiger partial charge in [-0.2, -0.15) is 0 Å². The zero-order valence-corrected chi connectivity index (χ0v) is 11.5. The van der Waals surface area contributed by atoms with Crippen molar-refractivity contribution in [1.29, 1.82) is 0 Å². The number of rotatable bonds is 5. The molecular formula is C15H23NO2. The summed E-state index contributed by atoms with van der Waals surface area (Å²) in [4.78, 5) is 0. The molecule has 0 aliphatic carbocycles. The molecule has 0 radical (unpaired) electrons. The summed E-state index contributed by atoms with van der Waals surface area (Å²) in [5.41, 5.74) is 2.51. The van der Waals surface area contributed by atoms with Crippen LogP contribution in [-0.4, -0.2) is 32.9 Å². The van der Waals surface area contributed by atoms with Crippen LogP contribution >= 0.6 is 0 Å². The minimum absolute atomic E-state index is 0.368. The van der Waals surface area contributed by atoms with E-state index in [9.17, 15) is 0 Å². The van der Waals surface area contributed by atoms with Crippen LogP contribution in [0.2, 0.25) is 0 Å². The third-order valence-corrected chi connectivity index (χ3v) is 3.88. The van der Waals surface area contributed by atoms with Crippen molar-refractivity contribution in [2.24, 2.45) is 5.92 Å². The van der Waals surface area contributed by atoms with E-state index in [1.165, 1.54) is 11.1 Å². The van der Waals surface area contributed by atoms with E-state index in [0.29, 0.717) is 18.6 Å². The second-order valence-corrected chi connectivity index (χ2v) is 5.03. The standard InChI is InChI=1S/C15H23NO2/c1-11-5-4-6-15(12(11)2)18-10-14(16-3)13-7-8-17-9-13/h4-6,13-14,16H,7-10H2,1-3H3. The van der Waals surface area contributed by atoms with Crippen LogP contribution in [-0.2, 0) is 4.74 Å². The predicted octanol–water partition coefficient (Wildman–Crippen LogP) is 2.31. The van der Waals surface area contributed by atoms with Gasteiger partial charge in [0.25, 0.3) is 0 Å². The van der Waals surface area contributed by atoms with Gasteiger partial charge in [0.15, 0.2) is 0 Å². The van der Waals surface area contributed by atoms with Crippen molar-refractivity contribution in [3.63, 3.8) is 0 Å². The van der Waals surface area contributed by atoms with Crippen molar-refractivity contribution in [2.45, 2.75) is 26.3 Å². The minimum atomic E-state index is 0.368. The van der Waals surface area contributed by atoms with Gasteiger partial charge in [-0.15, -0.1) is 0 Å². The smallest absolute Gasteiger partial charge is 0.122 e. The SMILES string of the molecule is CNC(COc1cccc(C)c1C)C1CCOC1. The largest absolute Gasteiger partial charge is 0.492 e. The highest BCUT2D eigenvalue weighted by Gasteiger charge is 2.25. The summed E-state index contributed by atoms with van der Waals surface area (Å²) < 4.78 is 11.4. The molecule has 1 saturated heterocycles. The molecule has 1 aromatic rings. The number of likely N-dealkylation sites (N-methyl/N-ethyl adjacent to an activating group) is 1. The molecule has 3 nitrogen and oxygen atoms in total. The van der Waals surface area contributed by atoms with Gasteiger partial charge in [-0.05, 0) is 44.5 Å². The van der Waals surface area contributed by atoms with Crippen molar-refractivity contribution >= 4 is 0 Å². The second kappa shape index (κ2) is 6.21. The van der Waals surface area contributed by atoms with E-state index in [1.54, 1.807) is 0 Å². The first-order valence-corrected chi connectivity index (χ1v) is 6.66. The summed E-state index contributed by atoms with van der Waals surface area (Å²) in [5, 5.41) is 3.34. The normalized spacial score (nSPS) is 20.9. The molecule has 0 bridgehead atoms. The maximum atomic E-state index is 5.96. The minimum Gasteiger partial charge on any atom is -0.492 e. The van der Waals surface area contributed by atoms with Gasteiger partial charge in [-0.25, -0.2) is 0 Å². The highest BCUT2D eigenvalue weighted by atomic mass is 16.5. The zero-order chi connectivity index (χ0) is 13.0. The Morgan fingerprint density at radius 1 is 1.44 bits per heavy atom. The van der Waals surface area contributed by atoms with Gasteiger partial charge in [0.2, 0.25) is 0 Å². The van der Waals surface area contributed by atoms with Gasteiger partial charge < -0.3 is 14.8 Å². The summed E-state index contributed by atoms with van der Waals surface area (Å²) in [5.74, 6) is 1.56. The fourth-order valence-corrected chi connectivity index (χ4v) is 2.39. The lowest BCUT2D eigenvalue weighted by Crippen LogP contribution is -2.39. The van der Waals surface area contributed by atoms with E-state index in [1.807, 2.05) is 19.2 Å². The highest BCUT2D eigenvalue weighted by molar-refractivity contribution is 5.38. The van der Waals surface area contributed by atoms with Crippen LogP contribution in [0.1, 0.15) is 17.5 Å². The Kier molecular flexibility index (Phi) is 4.61. The molecule has 2 rings (SSSR count). The molecule has 1 aliphatic rings. The van der Waals surface area contributed by atoms with E-state index in [2.05, 4.69) is 25.2 Å². The Bertz CT molecular complexity index is 386. The van der Waals surface area contributed by atoms with Crippen molar-refractivity contribution in [3.05, 3.63) is 29.3 Å². The summed E-state index contributed by atoms with van der Waals surface area (Å²) in [6.07, 6.45) is 1.13. The summed E-state index contributed by atoms with van der Waals surface area (Å²) in [7, 11) is 2.00. The van der Waals surface area contributed by atoms with Crippen LogP contribution in [0.15, 0.2) is 18.2 Å². The molecule has 1 fully saturated rings. The monoisotopic (exact) mass is 249 g/mol. The first-order valence-electron chi connectivity index (χ1n) is 6.66. The Morgan fingerprint density at radius 2 is 2.28 bits per heavy atom. The van der Waals surface area contributed by atoms with Crippen molar-refractivity contribution in [3.8, 4) is 5.75 Å². The van der Waals surface area contributed by atoms with Gasteiger partial charge in [0.05, 0.1) is 6.61 Å². The van der Waals surface area contributed by atoms with E-state index >= 15 is 0 Å². The molecular weight excluding hydrogens is 226 g/mol. The van der Waals surface area contributed by atoms with E-state index < -0.39 is 0 Å². The first-order chi connectivity index (χ1) is 8.72. The molecule has 2 atom stereocenters. The number of aryl methyl sites for hydroxylation is 1. The molecule has 1 aromatic carbocycles. The third-order valence-electron chi connectivity index (χ3n) is 3.88. The van der Waals surface area contributed by atoms with Crippen molar-refractivity contribution in [2.75, 3.05) is 26.9 Å². The molecule has 18 heavy (non-hydrogen) atoms. The molecule has 0 spiro atoms. The first kappa shape index (κ1) is 13.4. The summed E-state index contributed by atoms with van der Waals surface area (Å²) in [6, 6.07) is 6.57. The second-order valence-electron chi connectivity index (χ2n) is 5.03. The average Bonchev–Trinajstić information content (AvgIpc) is 2.89. The molecule has 1 N–H and O–H groups in total. The molecule has 100 valence electrons. The number of hydrogen-bond donors (Lipinski definition) is 1. The molecule has 0 aromatic heterocycles. The molecule has 3 heteroatoms. The molecule has 1 aliphatic heterocycles. The van der Waals surface area contributed by atoms with E-state index in [0.717, 1.165) is 25.4 Å². The third kappa shape index (κ3) is 3.03. The average molecular weight is 249 g/mol. The number of benzene rings is 1. The van der Waals surface area contributed by atoms with E-state index in [4.69, 9.17) is 9.47 Å². The quantitative estimate of drug-likeness (QED) is 0.868. The van der Waals surface area contributed by atoms with Crippen LogP contribution in [0.25, 0.3) is 0 Å². The van der Waals surface area contributed by atoms with Gasteiger partial charge in [-0.3, -0.25) is 0 Å². The maximum Gasteiger partial charge on any atom is 0.122 e. The van der Waals surface area contributed by atoms with Crippen LogP contribution in [0.4, 0.5) is 0 Å². The van der Waals surface area contributed by atoms with Crippen molar-refractivity contribution in [1.82, 2.24) is 5.32 Å². The maximum absolute atomic E-state index is 5.96. The molecule has 0 amide bonds. The van der Waals surface area contributed by atoms with Gasteiger partial charge in [0, 0.05) is 18.6 Å². The topological polar surface area (TPSA) is 30.5 Å². The van der Waals surface area contributed by atoms with E-state index in [-0.39, 0.29) is 0 Å². The molecule has 0 saturated carbocycles. The van der Waals surface area contributed by atoms with Crippen LogP contribution in [0.5, 0.6) is 5.75 Å². The van der Waals surface area contributed by atoms with Gasteiger partial charge in [-0.1, -0.05) is 12.1 Å². The predicted molar refractivity (Wildman–Crippen MR) is 73.2 cm³/mol. The Hall–Kier alpha value is -1.06. The lowest BCUT2D eigenvalue weighted by Gasteiger charge is -2.22. The lowest BCUT2D eigenvalue weighted by molar-refractivity contribution is 0.162. The number of hydrogen-bond acceptors (Lipinski definition) is 3. The summed E-state index contributed by atoms with van der Waals surface area (Å²) in [6.45, 7) is 6.66. The van der Waals surface area contributed by atoms with Crippen LogP contribution < -0.4 is 10.1 Å². The van der Waals surface area contributed by atoms with Gasteiger partial charge in [0.1, 0.15) is 12.4 Å². The Morgan fingerprint density at radius 3 is 2.94 bits per heavy atom. The molecule has 1 heterocycles. The lowest BCUT2D eigenvalue weighted by atomic mass is 10.00. The summed E-state index contributed by atoms with van der Waals surface area (Å²) >= 11 is 0. The number of ether oxygens (including phenoxy) is 2.